The summed E-state index contributed by atoms with van der Waals surface area (Å²) in [4.78, 5) is 21.7. The molecule has 11 heteroatoms. The van der Waals surface area contributed by atoms with Crippen molar-refractivity contribution in [3.63, 3.8) is 0 Å². The molecule has 0 saturated carbocycles. The van der Waals surface area contributed by atoms with Crippen molar-refractivity contribution >= 4 is 28.8 Å². The van der Waals surface area contributed by atoms with E-state index in [1.807, 2.05) is 0 Å². The number of carbonyl (C=O) groups excluding carboxylic acids is 1. The van der Waals surface area contributed by atoms with E-state index in [-0.39, 0.29) is 18.2 Å². The lowest BCUT2D eigenvalue weighted by Crippen LogP contribution is -2.42. The van der Waals surface area contributed by atoms with Gasteiger partial charge in [-0.15, -0.1) is 0 Å². The second kappa shape index (κ2) is 9.58. The van der Waals surface area contributed by atoms with Gasteiger partial charge >= 0.3 is 0 Å². The summed E-state index contributed by atoms with van der Waals surface area (Å²) in [5.74, 6) is -0.495. The molecule has 0 spiro atoms. The second-order valence-electron chi connectivity index (χ2n) is 8.60. The molecule has 1 amide bonds. The Kier molecular flexibility index (Phi) is 6.78. The third kappa shape index (κ3) is 5.40. The van der Waals surface area contributed by atoms with Crippen LogP contribution in [0.25, 0.3) is 16.9 Å². The largest absolute Gasteiger partial charge is 0.387 e. The van der Waals surface area contributed by atoms with E-state index in [2.05, 4.69) is 25.7 Å². The molecule has 1 fully saturated rings. The first kappa shape index (κ1) is 23.3. The van der Waals surface area contributed by atoms with Crippen LogP contribution < -0.4 is 10.6 Å². The van der Waals surface area contributed by atoms with Gasteiger partial charge < -0.3 is 20.5 Å². The van der Waals surface area contributed by atoms with Crippen molar-refractivity contribution < 1.29 is 19.0 Å². The third-order valence-corrected chi connectivity index (χ3v) is 5.67. The van der Waals surface area contributed by atoms with Gasteiger partial charge in [0.05, 0.1) is 58.7 Å². The Morgan fingerprint density at radius 1 is 1.39 bits per heavy atom. The van der Waals surface area contributed by atoms with Crippen molar-refractivity contribution in [1.29, 1.82) is 0 Å². The smallest absolute Gasteiger partial charge is 0.255 e. The molecule has 3 aromatic rings. The lowest BCUT2D eigenvalue weighted by atomic mass is 10.0. The highest BCUT2D eigenvalue weighted by Crippen LogP contribution is 2.28. The molecule has 3 aromatic heterocycles. The number of amides is 1. The number of ether oxygens (including phenoxy) is 1. The fourth-order valence-electron chi connectivity index (χ4n) is 3.54. The summed E-state index contributed by atoms with van der Waals surface area (Å²) in [6, 6.07) is 1.77. The highest BCUT2D eigenvalue weighted by molar-refractivity contribution is 6.30. The van der Waals surface area contributed by atoms with Crippen LogP contribution in [0.4, 0.5) is 10.1 Å². The Bertz CT molecular complexity index is 1140. The van der Waals surface area contributed by atoms with E-state index in [0.29, 0.717) is 40.8 Å². The first-order valence-electron chi connectivity index (χ1n) is 10.7. The Labute approximate surface area is 195 Å². The molecule has 4 heterocycles. The maximum atomic E-state index is 14.1. The average Bonchev–Trinajstić information content (AvgIpc) is 3.20. The summed E-state index contributed by atoms with van der Waals surface area (Å²) >= 11 is 6.00. The highest BCUT2D eigenvalue weighted by atomic mass is 35.5. The van der Waals surface area contributed by atoms with E-state index >= 15 is 0 Å². The minimum Gasteiger partial charge on any atom is -0.387 e. The van der Waals surface area contributed by atoms with Crippen molar-refractivity contribution in [1.82, 2.24) is 24.9 Å². The van der Waals surface area contributed by atoms with Gasteiger partial charge in [0.2, 0.25) is 0 Å². The molecule has 176 valence electrons. The van der Waals surface area contributed by atoms with Gasteiger partial charge in [0, 0.05) is 25.0 Å². The van der Waals surface area contributed by atoms with E-state index in [1.165, 1.54) is 26.2 Å². The summed E-state index contributed by atoms with van der Waals surface area (Å²) in [5.41, 5.74) is 1.05. The number of hydrogen-bond acceptors (Lipinski definition) is 7. The van der Waals surface area contributed by atoms with Gasteiger partial charge in [0.25, 0.3) is 5.91 Å². The molecule has 1 aliphatic heterocycles. The molecule has 2 atom stereocenters. The first-order chi connectivity index (χ1) is 15.7. The van der Waals surface area contributed by atoms with Crippen molar-refractivity contribution in [2.75, 3.05) is 25.1 Å². The molecule has 2 unspecified atom stereocenters. The number of nitrogens with one attached hydrogen (secondary N) is 2. The zero-order valence-electron chi connectivity index (χ0n) is 18.4. The lowest BCUT2D eigenvalue weighted by Gasteiger charge is -2.26. The Morgan fingerprint density at radius 2 is 2.21 bits per heavy atom. The minimum absolute atomic E-state index is 0.0201. The number of aromatic nitrogens is 4. The number of nitrogens with zero attached hydrogens (tertiary/aromatic N) is 4. The van der Waals surface area contributed by atoms with Gasteiger partial charge in [0.15, 0.2) is 5.65 Å². The maximum absolute atomic E-state index is 14.1. The van der Waals surface area contributed by atoms with E-state index < -0.39 is 17.7 Å². The molecule has 0 aliphatic carbocycles. The standard InChI is InChI=1S/C22H26ClFN6O3/c1-22(2,32)19(24)10-27-21(31)16-8-25-17(6-18(16)29-14-4-3-5-33-12-14)15-9-28-30-11-13(23)7-26-20(15)30/h6-9,11,14,19,32H,3-5,10,12H2,1-2H3,(H,25,29)(H,27,31). The molecule has 1 aliphatic rings. The number of fused-ring (bicyclic) bond motifs is 1. The quantitative estimate of drug-likeness (QED) is 0.480. The summed E-state index contributed by atoms with van der Waals surface area (Å²) in [7, 11) is 0. The predicted octanol–water partition coefficient (Wildman–Crippen LogP) is 2.87. The summed E-state index contributed by atoms with van der Waals surface area (Å²) in [6.07, 6.45) is 6.42. The van der Waals surface area contributed by atoms with Gasteiger partial charge in [-0.1, -0.05) is 11.6 Å². The molecule has 0 aromatic carbocycles. The maximum Gasteiger partial charge on any atom is 0.255 e. The van der Waals surface area contributed by atoms with Gasteiger partial charge in [-0.05, 0) is 32.8 Å². The van der Waals surface area contributed by atoms with Crippen LogP contribution in [0.3, 0.4) is 0 Å². The zero-order valence-corrected chi connectivity index (χ0v) is 19.1. The average molecular weight is 477 g/mol. The molecule has 0 radical (unpaired) electrons. The monoisotopic (exact) mass is 476 g/mol. The van der Waals surface area contributed by atoms with Crippen LogP contribution in [0.5, 0.6) is 0 Å². The summed E-state index contributed by atoms with van der Waals surface area (Å²) < 4.78 is 21.3. The van der Waals surface area contributed by atoms with Crippen LogP contribution >= 0.6 is 11.6 Å². The number of pyridine rings is 1. The lowest BCUT2D eigenvalue weighted by molar-refractivity contribution is -0.00177. The fourth-order valence-corrected chi connectivity index (χ4v) is 3.68. The van der Waals surface area contributed by atoms with Crippen LogP contribution in [0.2, 0.25) is 5.02 Å². The van der Waals surface area contributed by atoms with Crippen LogP contribution in [0, 0.1) is 0 Å². The van der Waals surface area contributed by atoms with Gasteiger partial charge in [-0.3, -0.25) is 9.78 Å². The topological polar surface area (TPSA) is 114 Å². The van der Waals surface area contributed by atoms with Gasteiger partial charge in [-0.25, -0.2) is 13.9 Å². The highest BCUT2D eigenvalue weighted by Gasteiger charge is 2.27. The Balaban J connectivity index is 1.64. The van der Waals surface area contributed by atoms with E-state index in [9.17, 15) is 14.3 Å². The van der Waals surface area contributed by atoms with Crippen molar-refractivity contribution in [3.05, 3.63) is 41.4 Å². The van der Waals surface area contributed by atoms with Crippen LogP contribution in [-0.4, -0.2) is 68.2 Å². The summed E-state index contributed by atoms with van der Waals surface area (Å²) in [5, 5.41) is 20.4. The fraction of sp³-hybridized carbons (Fsp3) is 0.455. The molecule has 3 N–H and O–H groups in total. The van der Waals surface area contributed by atoms with E-state index in [1.54, 1.807) is 23.0 Å². The van der Waals surface area contributed by atoms with Crippen molar-refractivity contribution in [3.8, 4) is 11.3 Å². The molecule has 1 saturated heterocycles. The van der Waals surface area contributed by atoms with Crippen LogP contribution in [0.1, 0.15) is 37.0 Å². The van der Waals surface area contributed by atoms with Crippen LogP contribution in [0.15, 0.2) is 30.9 Å². The molecular weight excluding hydrogens is 451 g/mol. The summed E-state index contributed by atoms with van der Waals surface area (Å²) in [6.45, 7) is 3.61. The van der Waals surface area contributed by atoms with Crippen molar-refractivity contribution in [2.45, 2.75) is 44.5 Å². The predicted molar refractivity (Wildman–Crippen MR) is 122 cm³/mol. The molecule has 33 heavy (non-hydrogen) atoms. The number of anilines is 1. The van der Waals surface area contributed by atoms with E-state index in [4.69, 9.17) is 16.3 Å². The number of alkyl halides is 1. The molecule has 0 bridgehead atoms. The molecule has 4 rings (SSSR count). The van der Waals surface area contributed by atoms with Crippen LogP contribution in [-0.2, 0) is 4.74 Å². The zero-order chi connectivity index (χ0) is 23.6. The number of rotatable bonds is 7. The Morgan fingerprint density at radius 3 is 2.94 bits per heavy atom. The molecular formula is C22H26ClFN6O3. The number of carbonyl (C=O) groups is 1. The number of aliphatic hydroxyl groups is 1. The van der Waals surface area contributed by atoms with Crippen molar-refractivity contribution in [2.24, 2.45) is 0 Å². The Hall–Kier alpha value is -2.82. The minimum atomic E-state index is -1.62. The first-order valence-corrected chi connectivity index (χ1v) is 11.1. The van der Waals surface area contributed by atoms with Gasteiger partial charge in [-0.2, -0.15) is 5.10 Å². The number of halogens is 2. The number of hydrogen-bond donors (Lipinski definition) is 3. The van der Waals surface area contributed by atoms with Gasteiger partial charge in [0.1, 0.15) is 6.17 Å². The second-order valence-corrected chi connectivity index (χ2v) is 9.04. The molecule has 9 nitrogen and oxygen atoms in total. The van der Waals surface area contributed by atoms with E-state index in [0.717, 1.165) is 12.8 Å². The SMILES string of the molecule is CC(C)(O)C(F)CNC(=O)c1cnc(-c2cnn3cc(Cl)cnc23)cc1NC1CCCOC1. The normalized spacial score (nSPS) is 17.7. The third-order valence-electron chi connectivity index (χ3n) is 5.48.